The second-order valence-corrected chi connectivity index (χ2v) is 12.1. The zero-order chi connectivity index (χ0) is 12.6. The van der Waals surface area contributed by atoms with Crippen molar-refractivity contribution in [3.8, 4) is 0 Å². The van der Waals surface area contributed by atoms with Crippen molar-refractivity contribution < 1.29 is 18.4 Å². The van der Waals surface area contributed by atoms with Crippen molar-refractivity contribution in [2.45, 2.75) is 34.6 Å². The Morgan fingerprint density at radius 2 is 1.69 bits per heavy atom. The first-order valence-electron chi connectivity index (χ1n) is 5.17. The topological polar surface area (TPSA) is 52.6 Å². The Bertz CT molecular complexity index is 318. The fourth-order valence-corrected chi connectivity index (χ4v) is 6.88. The van der Waals surface area contributed by atoms with Crippen LogP contribution >= 0.6 is 6.29 Å². The molecule has 0 aromatic heterocycles. The van der Waals surface area contributed by atoms with Gasteiger partial charge < -0.3 is 0 Å². The minimum atomic E-state index is -3.13. The van der Waals surface area contributed by atoms with Crippen LogP contribution in [-0.4, -0.2) is 32.4 Å². The van der Waals surface area contributed by atoms with Gasteiger partial charge in [-0.1, -0.05) is 0 Å². The third-order valence-corrected chi connectivity index (χ3v) is 8.38. The Balaban J connectivity index is 2.63. The molecular formula is C10H19O4PSe. The standard InChI is InChI=1S/C10H19O4PSe/c1-9(2,3)8(11)16-15(12)13-6-10(4,5)7-14-15/h6-7H2,1-5H3. The molecule has 1 saturated heterocycles. The summed E-state index contributed by atoms with van der Waals surface area (Å²) in [5.41, 5.74) is -0.591. The molecule has 16 heavy (non-hydrogen) atoms. The summed E-state index contributed by atoms with van der Waals surface area (Å²) in [5.74, 6) is 0. The predicted octanol–water partition coefficient (Wildman–Crippen LogP) is 2.44. The second-order valence-electron chi connectivity index (χ2n) is 5.79. The quantitative estimate of drug-likeness (QED) is 0.580. The van der Waals surface area contributed by atoms with Crippen molar-refractivity contribution in [1.82, 2.24) is 0 Å². The number of hydrogen-bond acceptors (Lipinski definition) is 4. The van der Waals surface area contributed by atoms with E-state index in [2.05, 4.69) is 0 Å². The number of rotatable bonds is 2. The molecular weight excluding hydrogens is 294 g/mol. The predicted molar refractivity (Wildman–Crippen MR) is 63.5 cm³/mol. The third-order valence-electron chi connectivity index (χ3n) is 2.03. The Kier molecular flexibility index (Phi) is 4.09. The molecule has 0 N–H and O–H groups in total. The number of carbonyl (C=O) groups is 1. The van der Waals surface area contributed by atoms with E-state index in [4.69, 9.17) is 9.05 Å². The SMILES string of the molecule is CC1(C)COP(=O)([Se]C(=O)C(C)(C)C)OC1. The van der Waals surface area contributed by atoms with E-state index in [0.29, 0.717) is 13.2 Å². The van der Waals surface area contributed by atoms with Gasteiger partial charge in [0.25, 0.3) is 0 Å². The van der Waals surface area contributed by atoms with Gasteiger partial charge in [-0.2, -0.15) is 0 Å². The summed E-state index contributed by atoms with van der Waals surface area (Å²) >= 11 is -0.734. The van der Waals surface area contributed by atoms with E-state index in [0.717, 1.165) is 0 Å². The fraction of sp³-hybridized carbons (Fsp3) is 0.900. The maximum absolute atomic E-state index is 12.1. The molecule has 0 atom stereocenters. The normalized spacial score (nSPS) is 24.1. The van der Waals surface area contributed by atoms with Crippen molar-refractivity contribution in [2.24, 2.45) is 10.8 Å². The van der Waals surface area contributed by atoms with E-state index in [-0.39, 0.29) is 10.1 Å². The summed E-state index contributed by atoms with van der Waals surface area (Å²) in [6.07, 6.45) is -3.13. The summed E-state index contributed by atoms with van der Waals surface area (Å²) < 4.78 is 22.7. The maximum atomic E-state index is 12.1. The van der Waals surface area contributed by atoms with Crippen LogP contribution < -0.4 is 0 Å². The van der Waals surface area contributed by atoms with Gasteiger partial charge in [-0.05, 0) is 0 Å². The fourth-order valence-electron chi connectivity index (χ4n) is 0.878. The van der Waals surface area contributed by atoms with Crippen LogP contribution in [0.5, 0.6) is 0 Å². The van der Waals surface area contributed by atoms with Crippen LogP contribution in [0.2, 0.25) is 0 Å². The molecule has 0 spiro atoms. The molecule has 0 saturated carbocycles. The van der Waals surface area contributed by atoms with Gasteiger partial charge in [-0.25, -0.2) is 0 Å². The van der Waals surface area contributed by atoms with Gasteiger partial charge in [0.15, 0.2) is 0 Å². The average Bonchev–Trinajstić information content (AvgIpc) is 2.10. The summed E-state index contributed by atoms with van der Waals surface area (Å²) in [4.78, 5) is 11.8. The molecule has 0 amide bonds. The van der Waals surface area contributed by atoms with Crippen molar-refractivity contribution in [2.75, 3.05) is 13.2 Å². The van der Waals surface area contributed by atoms with Crippen LogP contribution in [0, 0.1) is 10.8 Å². The first-order valence-corrected chi connectivity index (χ1v) is 9.79. The van der Waals surface area contributed by atoms with E-state index in [1.54, 1.807) is 0 Å². The first-order chi connectivity index (χ1) is 7.04. The first kappa shape index (κ1) is 14.4. The zero-order valence-electron chi connectivity index (χ0n) is 10.4. The van der Waals surface area contributed by atoms with Crippen molar-refractivity contribution >= 4 is 25.5 Å². The van der Waals surface area contributed by atoms with E-state index >= 15 is 0 Å². The van der Waals surface area contributed by atoms with Crippen LogP contribution in [0.1, 0.15) is 34.6 Å². The van der Waals surface area contributed by atoms with Gasteiger partial charge >= 0.3 is 103 Å². The van der Waals surface area contributed by atoms with Crippen LogP contribution in [-0.2, 0) is 18.4 Å². The Labute approximate surface area is 103 Å². The van der Waals surface area contributed by atoms with Crippen LogP contribution in [0.4, 0.5) is 0 Å². The van der Waals surface area contributed by atoms with Gasteiger partial charge in [0, 0.05) is 0 Å². The molecule has 6 heteroatoms. The van der Waals surface area contributed by atoms with E-state index in [1.807, 2.05) is 34.6 Å². The third kappa shape index (κ3) is 3.97. The molecule has 1 rings (SSSR count). The molecule has 0 aliphatic carbocycles. The minimum absolute atomic E-state index is 0.0250. The monoisotopic (exact) mass is 314 g/mol. The molecule has 1 heterocycles. The molecule has 1 fully saturated rings. The van der Waals surface area contributed by atoms with Gasteiger partial charge in [0.05, 0.1) is 0 Å². The number of carbonyl (C=O) groups excluding carboxylic acids is 1. The van der Waals surface area contributed by atoms with Gasteiger partial charge in [0.1, 0.15) is 0 Å². The Morgan fingerprint density at radius 3 is 2.06 bits per heavy atom. The van der Waals surface area contributed by atoms with Gasteiger partial charge in [0.2, 0.25) is 0 Å². The van der Waals surface area contributed by atoms with Crippen LogP contribution in [0.15, 0.2) is 0 Å². The molecule has 1 aliphatic rings. The summed E-state index contributed by atoms with van der Waals surface area (Å²) in [7, 11) is 0. The van der Waals surface area contributed by atoms with Gasteiger partial charge in [-0.15, -0.1) is 0 Å². The van der Waals surface area contributed by atoms with Crippen molar-refractivity contribution in [3.63, 3.8) is 0 Å². The molecule has 94 valence electrons. The van der Waals surface area contributed by atoms with Crippen molar-refractivity contribution in [3.05, 3.63) is 0 Å². The molecule has 1 aliphatic heterocycles. The Morgan fingerprint density at radius 1 is 1.25 bits per heavy atom. The summed E-state index contributed by atoms with van der Waals surface area (Å²) in [6.45, 7) is 10.2. The number of hydrogen-bond donors (Lipinski definition) is 0. The zero-order valence-corrected chi connectivity index (χ0v) is 13.0. The van der Waals surface area contributed by atoms with Crippen LogP contribution in [0.25, 0.3) is 0 Å². The van der Waals surface area contributed by atoms with E-state index in [1.165, 1.54) is 0 Å². The average molecular weight is 313 g/mol. The van der Waals surface area contributed by atoms with E-state index in [9.17, 15) is 9.36 Å². The summed E-state index contributed by atoms with van der Waals surface area (Å²) in [6, 6.07) is 0. The molecule has 0 radical (unpaired) electrons. The van der Waals surface area contributed by atoms with Gasteiger partial charge in [-0.3, -0.25) is 0 Å². The molecule has 0 aromatic rings. The Hall–Kier alpha value is 0.339. The van der Waals surface area contributed by atoms with E-state index < -0.39 is 26.2 Å². The van der Waals surface area contributed by atoms with Crippen LogP contribution in [0.3, 0.4) is 0 Å². The molecule has 4 nitrogen and oxygen atoms in total. The van der Waals surface area contributed by atoms with Crippen molar-refractivity contribution in [1.29, 1.82) is 0 Å². The second kappa shape index (κ2) is 4.55. The molecule has 0 aromatic carbocycles. The molecule has 0 unspecified atom stereocenters. The summed E-state index contributed by atoms with van der Waals surface area (Å²) in [5, 5.41) is 0. The molecule has 0 bridgehead atoms.